The number of hydrogen-bond donors (Lipinski definition) is 2. The van der Waals surface area contributed by atoms with Crippen LogP contribution in [0.2, 0.25) is 0 Å². The molecule has 3 N–H and O–H groups in total. The van der Waals surface area contributed by atoms with Crippen LogP contribution < -0.4 is 11.1 Å². The van der Waals surface area contributed by atoms with Gasteiger partial charge >= 0.3 is 0 Å². The molecule has 1 aromatic carbocycles. The van der Waals surface area contributed by atoms with Crippen molar-refractivity contribution < 1.29 is 9.59 Å². The number of rotatable bonds is 3. The highest BCUT2D eigenvalue weighted by atomic mass is 35.5. The summed E-state index contributed by atoms with van der Waals surface area (Å²) in [5, 5.41) is 4.74. The van der Waals surface area contributed by atoms with Gasteiger partial charge in [0.1, 0.15) is 0 Å². The Morgan fingerprint density at radius 3 is 2.65 bits per heavy atom. The molecule has 3 atom stereocenters. The van der Waals surface area contributed by atoms with E-state index < -0.39 is 0 Å². The van der Waals surface area contributed by atoms with Gasteiger partial charge in [0.2, 0.25) is 0 Å². The second-order valence-corrected chi connectivity index (χ2v) is 7.80. The quantitative estimate of drug-likeness (QED) is 0.843. The number of halogens is 1. The first-order valence-corrected chi connectivity index (χ1v) is 9.50. The topological polar surface area (TPSA) is 75.4 Å². The first kappa shape index (κ1) is 18.9. The first-order chi connectivity index (χ1) is 12.1. The summed E-state index contributed by atoms with van der Waals surface area (Å²) in [6.45, 7) is 1.49. The lowest BCUT2D eigenvalue weighted by Crippen LogP contribution is -2.34. The number of nitrogens with two attached hydrogens (primary N) is 1. The fraction of sp³-hybridized carbons (Fsp3) is 0.368. The third kappa shape index (κ3) is 3.49. The zero-order chi connectivity index (χ0) is 17.4. The van der Waals surface area contributed by atoms with E-state index in [2.05, 4.69) is 5.32 Å². The normalized spacial score (nSPS) is 24.0. The average Bonchev–Trinajstić information content (AvgIpc) is 3.34. The van der Waals surface area contributed by atoms with E-state index in [1.54, 1.807) is 18.2 Å². The summed E-state index contributed by atoms with van der Waals surface area (Å²) in [5.74, 6) is 0.725. The van der Waals surface area contributed by atoms with E-state index in [1.807, 2.05) is 28.5 Å². The van der Waals surface area contributed by atoms with Crippen molar-refractivity contribution in [3.8, 4) is 0 Å². The van der Waals surface area contributed by atoms with E-state index in [4.69, 9.17) is 5.73 Å². The molecule has 3 unspecified atom stereocenters. The van der Waals surface area contributed by atoms with Gasteiger partial charge in [-0.2, -0.15) is 0 Å². The molecule has 0 radical (unpaired) electrons. The van der Waals surface area contributed by atoms with E-state index in [1.165, 1.54) is 11.3 Å². The Balaban J connectivity index is 0.00000196. The average molecular weight is 392 g/mol. The zero-order valence-corrected chi connectivity index (χ0v) is 15.9. The maximum atomic E-state index is 13.0. The molecule has 4 rings (SSSR count). The Kier molecular flexibility index (Phi) is 5.65. The van der Waals surface area contributed by atoms with Gasteiger partial charge in [-0.15, -0.1) is 23.7 Å². The van der Waals surface area contributed by atoms with Crippen LogP contribution in [-0.4, -0.2) is 35.8 Å². The van der Waals surface area contributed by atoms with Crippen LogP contribution in [0.25, 0.3) is 0 Å². The number of benzene rings is 1. The van der Waals surface area contributed by atoms with Crippen molar-refractivity contribution in [3.63, 3.8) is 0 Å². The molecular formula is C19H22ClN3O2S. The van der Waals surface area contributed by atoms with Crippen molar-refractivity contribution >= 4 is 41.2 Å². The molecule has 138 valence electrons. The van der Waals surface area contributed by atoms with Gasteiger partial charge in [0.15, 0.2) is 0 Å². The van der Waals surface area contributed by atoms with Crippen molar-refractivity contribution in [2.24, 2.45) is 17.6 Å². The van der Waals surface area contributed by atoms with Gasteiger partial charge in [-0.3, -0.25) is 9.59 Å². The van der Waals surface area contributed by atoms with Crippen LogP contribution in [0.1, 0.15) is 32.9 Å². The van der Waals surface area contributed by atoms with Crippen molar-refractivity contribution in [2.75, 3.05) is 18.4 Å². The number of fused-ring (bicyclic) bond motifs is 1. The van der Waals surface area contributed by atoms with Crippen molar-refractivity contribution in [1.29, 1.82) is 0 Å². The molecule has 1 aliphatic carbocycles. The van der Waals surface area contributed by atoms with Gasteiger partial charge in [0, 0.05) is 19.1 Å². The summed E-state index contributed by atoms with van der Waals surface area (Å²) < 4.78 is 0. The predicted molar refractivity (Wildman–Crippen MR) is 106 cm³/mol. The summed E-state index contributed by atoms with van der Waals surface area (Å²) >= 11 is 1.38. The number of thiophene rings is 1. The Bertz CT molecular complexity index is 796. The maximum absolute atomic E-state index is 13.0. The molecule has 0 spiro atoms. The summed E-state index contributed by atoms with van der Waals surface area (Å²) in [6, 6.07) is 11.0. The minimum Gasteiger partial charge on any atom is -0.338 e. The second-order valence-electron chi connectivity index (χ2n) is 6.85. The van der Waals surface area contributed by atoms with Gasteiger partial charge < -0.3 is 16.0 Å². The largest absolute Gasteiger partial charge is 0.338 e. The van der Waals surface area contributed by atoms with Crippen LogP contribution in [0.15, 0.2) is 41.8 Å². The van der Waals surface area contributed by atoms with E-state index in [9.17, 15) is 9.59 Å². The van der Waals surface area contributed by atoms with Crippen LogP contribution in [0.3, 0.4) is 0 Å². The standard InChI is InChI=1S/C19H21N3O2S.ClH/c20-15-8-7-12-10-22(11-14(12)15)19(24)13-4-1-2-5-16(13)21-18(23)17-6-3-9-25-17;/h1-6,9,12,14-15H,7-8,10-11,20H2,(H,21,23);1H. The highest BCUT2D eigenvalue weighted by Crippen LogP contribution is 2.38. The fourth-order valence-corrected chi connectivity index (χ4v) is 4.63. The number of carbonyl (C=O) groups is 2. The van der Waals surface area contributed by atoms with Gasteiger partial charge in [0.05, 0.1) is 16.1 Å². The minimum absolute atomic E-state index is 0. The van der Waals surface area contributed by atoms with E-state index in [0.29, 0.717) is 28.0 Å². The van der Waals surface area contributed by atoms with Crippen LogP contribution in [0.4, 0.5) is 5.69 Å². The molecule has 2 aliphatic rings. The van der Waals surface area contributed by atoms with Crippen LogP contribution >= 0.6 is 23.7 Å². The Hall–Kier alpha value is -1.89. The van der Waals surface area contributed by atoms with Crippen LogP contribution in [0.5, 0.6) is 0 Å². The summed E-state index contributed by atoms with van der Waals surface area (Å²) in [7, 11) is 0. The number of nitrogens with zero attached hydrogens (tertiary/aromatic N) is 1. The van der Waals surface area contributed by atoms with E-state index in [0.717, 1.165) is 25.9 Å². The number of carbonyl (C=O) groups excluding carboxylic acids is 2. The number of hydrogen-bond acceptors (Lipinski definition) is 4. The smallest absolute Gasteiger partial charge is 0.265 e. The highest BCUT2D eigenvalue weighted by molar-refractivity contribution is 7.12. The van der Waals surface area contributed by atoms with Gasteiger partial charge in [0.25, 0.3) is 11.8 Å². The lowest BCUT2D eigenvalue weighted by molar-refractivity contribution is 0.0780. The molecule has 2 amide bonds. The van der Waals surface area contributed by atoms with Crippen LogP contribution in [0, 0.1) is 11.8 Å². The monoisotopic (exact) mass is 391 g/mol. The lowest BCUT2D eigenvalue weighted by atomic mass is 9.98. The summed E-state index contributed by atoms with van der Waals surface area (Å²) in [4.78, 5) is 27.9. The molecular weight excluding hydrogens is 370 g/mol. The third-order valence-electron chi connectivity index (χ3n) is 5.35. The second kappa shape index (κ2) is 7.78. The molecule has 2 heterocycles. The first-order valence-electron chi connectivity index (χ1n) is 8.62. The van der Waals surface area contributed by atoms with Gasteiger partial charge in [-0.25, -0.2) is 0 Å². The molecule has 2 fully saturated rings. The molecule has 1 saturated carbocycles. The Morgan fingerprint density at radius 1 is 1.12 bits per heavy atom. The van der Waals surface area contributed by atoms with Crippen molar-refractivity contribution in [3.05, 3.63) is 52.2 Å². The SMILES string of the molecule is Cl.NC1CCC2CN(C(=O)c3ccccc3NC(=O)c3cccs3)CC12. The molecule has 26 heavy (non-hydrogen) atoms. The molecule has 1 saturated heterocycles. The Labute approximate surface area is 163 Å². The van der Waals surface area contributed by atoms with Crippen LogP contribution in [-0.2, 0) is 0 Å². The van der Waals surface area contributed by atoms with Gasteiger partial charge in [-0.1, -0.05) is 18.2 Å². The predicted octanol–water partition coefficient (Wildman–Crippen LogP) is 3.23. The maximum Gasteiger partial charge on any atom is 0.265 e. The number of amides is 2. The van der Waals surface area contributed by atoms with E-state index in [-0.39, 0.29) is 30.3 Å². The molecule has 2 aromatic rings. The lowest BCUT2D eigenvalue weighted by Gasteiger charge is -2.20. The zero-order valence-electron chi connectivity index (χ0n) is 14.3. The number of anilines is 1. The highest BCUT2D eigenvalue weighted by Gasteiger charge is 2.42. The Morgan fingerprint density at radius 2 is 1.92 bits per heavy atom. The molecule has 5 nitrogen and oxygen atoms in total. The molecule has 1 aliphatic heterocycles. The number of para-hydroxylation sites is 1. The third-order valence-corrected chi connectivity index (χ3v) is 6.22. The fourth-order valence-electron chi connectivity index (χ4n) is 4.01. The summed E-state index contributed by atoms with van der Waals surface area (Å²) in [6.07, 6.45) is 2.16. The number of nitrogens with one attached hydrogen (secondary N) is 1. The molecule has 7 heteroatoms. The summed E-state index contributed by atoms with van der Waals surface area (Å²) in [5.41, 5.74) is 7.28. The van der Waals surface area contributed by atoms with Crippen molar-refractivity contribution in [2.45, 2.75) is 18.9 Å². The molecule has 0 bridgehead atoms. The van der Waals surface area contributed by atoms with E-state index >= 15 is 0 Å². The van der Waals surface area contributed by atoms with Crippen molar-refractivity contribution in [1.82, 2.24) is 4.90 Å². The van der Waals surface area contributed by atoms with Gasteiger partial charge in [-0.05, 0) is 48.3 Å². The minimum atomic E-state index is -0.185. The number of likely N-dealkylation sites (tertiary alicyclic amines) is 1. The molecule has 1 aromatic heterocycles.